The number of primary amides is 1. The third-order valence-electron chi connectivity index (χ3n) is 4.32. The Bertz CT molecular complexity index is 1130. The topological polar surface area (TPSA) is 71.8 Å². The molecule has 4 nitrogen and oxygen atoms in total. The molecule has 2 aromatic carbocycles. The number of hydrogen-bond acceptors (Lipinski definition) is 2. The molecule has 0 aliphatic rings. The number of nitriles is 1. The summed E-state index contributed by atoms with van der Waals surface area (Å²) in [5, 5.41) is 9.84. The summed E-state index contributed by atoms with van der Waals surface area (Å²) >= 11 is 0. The number of rotatable bonds is 4. The highest BCUT2D eigenvalue weighted by Crippen LogP contribution is 2.31. The summed E-state index contributed by atoms with van der Waals surface area (Å²) in [4.78, 5) is 11.4. The van der Waals surface area contributed by atoms with Gasteiger partial charge in [0.1, 0.15) is 11.6 Å². The standard InChI is InChI=1S/C21H16F3N3O/c1-13-6-14(8-17(7-13)21(22,23)24)11-27-12-16(9-15(10-25)20(26)28)18-4-2-3-5-19(18)27/h2-9,12H,11H2,1H3,(H2,26,28)/b15-9+. The van der Waals surface area contributed by atoms with Crippen LogP contribution in [0.2, 0.25) is 0 Å². The van der Waals surface area contributed by atoms with Crippen molar-refractivity contribution in [2.75, 3.05) is 0 Å². The maximum Gasteiger partial charge on any atom is 0.416 e. The highest BCUT2D eigenvalue weighted by Gasteiger charge is 2.30. The van der Waals surface area contributed by atoms with Crippen LogP contribution in [0.5, 0.6) is 0 Å². The van der Waals surface area contributed by atoms with Crippen molar-refractivity contribution in [3.05, 3.63) is 76.5 Å². The molecule has 1 aromatic heterocycles. The maximum atomic E-state index is 13.1. The molecule has 3 aromatic rings. The molecule has 7 heteroatoms. The molecular weight excluding hydrogens is 367 g/mol. The van der Waals surface area contributed by atoms with E-state index in [4.69, 9.17) is 11.0 Å². The van der Waals surface area contributed by atoms with Gasteiger partial charge in [-0.1, -0.05) is 29.8 Å². The van der Waals surface area contributed by atoms with Gasteiger partial charge in [0.15, 0.2) is 0 Å². The van der Waals surface area contributed by atoms with Gasteiger partial charge >= 0.3 is 6.18 Å². The number of carbonyl (C=O) groups is 1. The number of alkyl halides is 3. The van der Waals surface area contributed by atoms with Gasteiger partial charge < -0.3 is 10.3 Å². The minimum absolute atomic E-state index is 0.196. The SMILES string of the molecule is Cc1cc(Cn2cc(/C=C(\C#N)C(N)=O)c3ccccc32)cc(C(F)(F)F)c1. The number of halogens is 3. The van der Waals surface area contributed by atoms with Gasteiger partial charge in [-0.2, -0.15) is 18.4 Å². The van der Waals surface area contributed by atoms with E-state index in [-0.39, 0.29) is 12.1 Å². The van der Waals surface area contributed by atoms with Gasteiger partial charge in [0.2, 0.25) is 0 Å². The Labute approximate surface area is 159 Å². The number of para-hydroxylation sites is 1. The number of hydrogen-bond donors (Lipinski definition) is 1. The first-order chi connectivity index (χ1) is 13.2. The Morgan fingerprint density at radius 1 is 1.25 bits per heavy atom. The molecular formula is C21H16F3N3O. The summed E-state index contributed by atoms with van der Waals surface area (Å²) in [5.74, 6) is -0.840. The summed E-state index contributed by atoms with van der Waals surface area (Å²) < 4.78 is 41.1. The van der Waals surface area contributed by atoms with Crippen LogP contribution in [0.1, 0.15) is 22.3 Å². The second kappa shape index (κ2) is 7.24. The van der Waals surface area contributed by atoms with Gasteiger partial charge in [0, 0.05) is 29.2 Å². The number of fused-ring (bicyclic) bond motifs is 1. The van der Waals surface area contributed by atoms with Gasteiger partial charge in [0.05, 0.1) is 5.56 Å². The van der Waals surface area contributed by atoms with E-state index in [1.165, 1.54) is 6.08 Å². The first-order valence-corrected chi connectivity index (χ1v) is 8.36. The average Bonchev–Trinajstić information content (AvgIpc) is 2.96. The Kier molecular flexibility index (Phi) is 4.97. The minimum atomic E-state index is -4.42. The van der Waals surface area contributed by atoms with Gasteiger partial charge in [-0.25, -0.2) is 0 Å². The first kappa shape index (κ1) is 19.2. The van der Waals surface area contributed by atoms with Crippen LogP contribution in [0, 0.1) is 18.3 Å². The maximum absolute atomic E-state index is 13.1. The summed E-state index contributed by atoms with van der Waals surface area (Å²) in [6, 6.07) is 12.9. The lowest BCUT2D eigenvalue weighted by atomic mass is 10.1. The highest BCUT2D eigenvalue weighted by molar-refractivity contribution is 6.03. The Morgan fingerprint density at radius 3 is 2.61 bits per heavy atom. The second-order valence-electron chi connectivity index (χ2n) is 6.47. The van der Waals surface area contributed by atoms with Crippen molar-refractivity contribution >= 4 is 22.9 Å². The van der Waals surface area contributed by atoms with Crippen LogP contribution in [0.3, 0.4) is 0 Å². The molecule has 0 spiro atoms. The van der Waals surface area contributed by atoms with Crippen molar-refractivity contribution in [1.29, 1.82) is 5.26 Å². The molecule has 0 bridgehead atoms. The number of amides is 1. The molecule has 28 heavy (non-hydrogen) atoms. The normalized spacial score (nSPS) is 12.2. The zero-order valence-electron chi connectivity index (χ0n) is 14.9. The number of benzene rings is 2. The van der Waals surface area contributed by atoms with Gasteiger partial charge in [-0.05, 0) is 36.8 Å². The van der Waals surface area contributed by atoms with Gasteiger partial charge in [-0.3, -0.25) is 4.79 Å². The number of aryl methyl sites for hydroxylation is 1. The number of nitrogens with two attached hydrogens (primary N) is 1. The summed E-state index contributed by atoms with van der Waals surface area (Å²) in [6.07, 6.45) is -1.34. The molecule has 142 valence electrons. The van der Waals surface area contributed by atoms with E-state index >= 15 is 0 Å². The van der Waals surface area contributed by atoms with Crippen molar-refractivity contribution in [3.63, 3.8) is 0 Å². The van der Waals surface area contributed by atoms with Crippen molar-refractivity contribution < 1.29 is 18.0 Å². The molecule has 0 saturated carbocycles. The van der Waals surface area contributed by atoms with Crippen LogP contribution in [-0.4, -0.2) is 10.5 Å². The van der Waals surface area contributed by atoms with Crippen molar-refractivity contribution in [3.8, 4) is 6.07 Å². The van der Waals surface area contributed by atoms with Crippen LogP contribution >= 0.6 is 0 Å². The van der Waals surface area contributed by atoms with Crippen LogP contribution in [0.25, 0.3) is 17.0 Å². The molecule has 1 amide bonds. The van der Waals surface area contributed by atoms with Crippen molar-refractivity contribution in [1.82, 2.24) is 4.57 Å². The fraction of sp³-hybridized carbons (Fsp3) is 0.143. The molecule has 0 atom stereocenters. The molecule has 3 rings (SSSR count). The molecule has 0 saturated heterocycles. The van der Waals surface area contributed by atoms with E-state index in [1.807, 2.05) is 18.2 Å². The largest absolute Gasteiger partial charge is 0.416 e. The van der Waals surface area contributed by atoms with Crippen LogP contribution in [-0.2, 0) is 17.5 Å². The van der Waals surface area contributed by atoms with E-state index in [2.05, 4.69) is 0 Å². The number of carbonyl (C=O) groups excluding carboxylic acids is 1. The minimum Gasteiger partial charge on any atom is -0.365 e. The lowest BCUT2D eigenvalue weighted by Crippen LogP contribution is -2.12. The van der Waals surface area contributed by atoms with E-state index in [0.717, 1.165) is 23.0 Å². The molecule has 2 N–H and O–H groups in total. The summed E-state index contributed by atoms with van der Waals surface area (Å²) in [6.45, 7) is 1.82. The third kappa shape index (κ3) is 3.91. The predicted octanol–water partition coefficient (Wildman–Crippen LogP) is 4.41. The molecule has 1 heterocycles. The Morgan fingerprint density at radius 2 is 1.96 bits per heavy atom. The molecule has 0 aliphatic carbocycles. The summed E-state index contributed by atoms with van der Waals surface area (Å²) in [5.41, 5.74) is 6.69. The van der Waals surface area contributed by atoms with Crippen LogP contribution < -0.4 is 5.73 Å². The Balaban J connectivity index is 2.10. The fourth-order valence-electron chi connectivity index (χ4n) is 3.15. The fourth-order valence-corrected chi connectivity index (χ4v) is 3.15. The second-order valence-corrected chi connectivity index (χ2v) is 6.47. The van der Waals surface area contributed by atoms with Crippen molar-refractivity contribution in [2.45, 2.75) is 19.6 Å². The van der Waals surface area contributed by atoms with Crippen molar-refractivity contribution in [2.24, 2.45) is 5.73 Å². The highest BCUT2D eigenvalue weighted by atomic mass is 19.4. The van der Waals surface area contributed by atoms with E-state index in [9.17, 15) is 18.0 Å². The van der Waals surface area contributed by atoms with E-state index in [1.54, 1.807) is 35.9 Å². The van der Waals surface area contributed by atoms with Crippen LogP contribution in [0.15, 0.2) is 54.2 Å². The number of aromatic nitrogens is 1. The van der Waals surface area contributed by atoms with Crippen LogP contribution in [0.4, 0.5) is 13.2 Å². The lowest BCUT2D eigenvalue weighted by Gasteiger charge is -2.12. The summed E-state index contributed by atoms with van der Waals surface area (Å²) in [7, 11) is 0. The lowest BCUT2D eigenvalue weighted by molar-refractivity contribution is -0.137. The van der Waals surface area contributed by atoms with Gasteiger partial charge in [0.25, 0.3) is 5.91 Å². The first-order valence-electron chi connectivity index (χ1n) is 8.36. The molecule has 0 unspecified atom stereocenters. The van der Waals surface area contributed by atoms with Gasteiger partial charge in [-0.15, -0.1) is 0 Å². The number of nitrogens with zero attached hydrogens (tertiary/aromatic N) is 2. The zero-order valence-corrected chi connectivity index (χ0v) is 14.9. The zero-order chi connectivity index (χ0) is 20.5. The monoisotopic (exact) mass is 383 g/mol. The predicted molar refractivity (Wildman–Crippen MR) is 100 cm³/mol. The van der Waals surface area contributed by atoms with E-state index in [0.29, 0.717) is 16.7 Å². The van der Waals surface area contributed by atoms with E-state index < -0.39 is 17.6 Å². The molecule has 0 aliphatic heterocycles. The Hall–Kier alpha value is -3.53. The third-order valence-corrected chi connectivity index (χ3v) is 4.32. The molecule has 0 fully saturated rings. The quantitative estimate of drug-likeness (QED) is 0.535. The smallest absolute Gasteiger partial charge is 0.365 e. The molecule has 0 radical (unpaired) electrons. The average molecular weight is 383 g/mol.